The minimum atomic E-state index is 0.642. The lowest BCUT2D eigenvalue weighted by molar-refractivity contribution is 1.38. The van der Waals surface area contributed by atoms with Crippen molar-refractivity contribution in [2.45, 2.75) is 0 Å². The highest BCUT2D eigenvalue weighted by atomic mass is 79.9. The fourth-order valence-electron chi connectivity index (χ4n) is 1.43. The first-order valence-corrected chi connectivity index (χ1v) is 5.60. The van der Waals surface area contributed by atoms with E-state index < -0.39 is 0 Å². The molecule has 0 unspecified atom stereocenters. The summed E-state index contributed by atoms with van der Waals surface area (Å²) < 4.78 is 0.970. The van der Waals surface area contributed by atoms with Crippen LogP contribution < -0.4 is 0 Å². The second-order valence-electron chi connectivity index (χ2n) is 3.31. The van der Waals surface area contributed by atoms with E-state index in [4.69, 9.17) is 5.26 Å². The zero-order valence-electron chi connectivity index (χ0n) is 8.44. The molecule has 0 aliphatic heterocycles. The van der Waals surface area contributed by atoms with Gasteiger partial charge in [-0.05, 0) is 35.9 Å². The number of rotatable bonds is 2. The summed E-state index contributed by atoms with van der Waals surface area (Å²) in [5.74, 6) is 0. The Bertz CT molecular complexity index is 548. The molecule has 0 fully saturated rings. The van der Waals surface area contributed by atoms with Crippen molar-refractivity contribution in [3.8, 4) is 6.07 Å². The van der Waals surface area contributed by atoms with Gasteiger partial charge in [0.15, 0.2) is 0 Å². The zero-order chi connectivity index (χ0) is 11.4. The van der Waals surface area contributed by atoms with Crippen molar-refractivity contribution >= 4 is 27.6 Å². The second-order valence-corrected chi connectivity index (χ2v) is 4.22. The summed E-state index contributed by atoms with van der Waals surface area (Å²) in [7, 11) is 0. The lowest BCUT2D eigenvalue weighted by atomic mass is 10.1. The number of aromatic nitrogens is 1. The van der Waals surface area contributed by atoms with Gasteiger partial charge in [-0.1, -0.05) is 28.1 Å². The van der Waals surface area contributed by atoms with Gasteiger partial charge in [0.25, 0.3) is 0 Å². The lowest BCUT2D eigenvalue weighted by Gasteiger charge is -1.99. The third kappa shape index (κ3) is 2.41. The van der Waals surface area contributed by atoms with Crippen LogP contribution in [0.25, 0.3) is 11.6 Å². The molecule has 0 aliphatic carbocycles. The van der Waals surface area contributed by atoms with E-state index in [2.05, 4.69) is 27.0 Å². The largest absolute Gasteiger partial charge is 0.362 e. The Hall–Kier alpha value is -1.79. The number of nitrogens with zero attached hydrogens (tertiary/aromatic N) is 1. The average Bonchev–Trinajstić information content (AvgIpc) is 2.78. The second kappa shape index (κ2) is 4.82. The standard InChI is InChI=1S/C13H9BrN2/c14-12-4-1-3-10(7-12)11(9-15)8-13-5-2-6-16-13/h1-8,16H/b11-8+. The molecule has 1 heterocycles. The van der Waals surface area contributed by atoms with Gasteiger partial charge in [0.05, 0.1) is 11.6 Å². The SMILES string of the molecule is N#C/C(=C\c1ccc[nH]1)c1cccc(Br)c1. The third-order valence-electron chi connectivity index (χ3n) is 2.18. The van der Waals surface area contributed by atoms with E-state index in [1.807, 2.05) is 48.7 Å². The minimum Gasteiger partial charge on any atom is -0.362 e. The van der Waals surface area contributed by atoms with Crippen molar-refractivity contribution in [3.63, 3.8) is 0 Å². The van der Waals surface area contributed by atoms with E-state index in [-0.39, 0.29) is 0 Å². The monoisotopic (exact) mass is 272 g/mol. The van der Waals surface area contributed by atoms with Gasteiger partial charge in [0.2, 0.25) is 0 Å². The molecule has 1 N–H and O–H groups in total. The number of aromatic amines is 1. The van der Waals surface area contributed by atoms with Crippen molar-refractivity contribution in [1.82, 2.24) is 4.98 Å². The molecule has 3 heteroatoms. The number of H-pyrrole nitrogens is 1. The quantitative estimate of drug-likeness (QED) is 0.829. The molecule has 0 saturated heterocycles. The van der Waals surface area contributed by atoms with E-state index >= 15 is 0 Å². The molecule has 2 aromatic rings. The Kier molecular flexibility index (Phi) is 3.23. The van der Waals surface area contributed by atoms with Crippen LogP contribution in [-0.2, 0) is 0 Å². The van der Waals surface area contributed by atoms with Crippen LogP contribution in [0.3, 0.4) is 0 Å². The van der Waals surface area contributed by atoms with Gasteiger partial charge in [0, 0.05) is 16.4 Å². The Labute approximate surface area is 102 Å². The van der Waals surface area contributed by atoms with Crippen molar-refractivity contribution in [1.29, 1.82) is 5.26 Å². The molecule has 2 rings (SSSR count). The van der Waals surface area contributed by atoms with Crippen molar-refractivity contribution < 1.29 is 0 Å². The predicted octanol–water partition coefficient (Wildman–Crippen LogP) is 3.84. The first-order valence-electron chi connectivity index (χ1n) is 4.81. The molecule has 16 heavy (non-hydrogen) atoms. The number of allylic oxidation sites excluding steroid dienone is 1. The maximum absolute atomic E-state index is 9.12. The molecule has 2 nitrogen and oxygen atoms in total. The lowest BCUT2D eigenvalue weighted by Crippen LogP contribution is -1.81. The van der Waals surface area contributed by atoms with Crippen molar-refractivity contribution in [3.05, 3.63) is 58.3 Å². The maximum Gasteiger partial charge on any atom is 0.0998 e. The number of nitriles is 1. The maximum atomic E-state index is 9.12. The normalized spacial score (nSPS) is 11.1. The van der Waals surface area contributed by atoms with E-state index in [9.17, 15) is 0 Å². The first-order chi connectivity index (χ1) is 7.79. The van der Waals surface area contributed by atoms with Crippen LogP contribution in [0.4, 0.5) is 0 Å². The molecule has 0 atom stereocenters. The van der Waals surface area contributed by atoms with Crippen LogP contribution in [0, 0.1) is 11.3 Å². The molecule has 0 bridgehead atoms. The summed E-state index contributed by atoms with van der Waals surface area (Å²) in [5, 5.41) is 9.12. The third-order valence-corrected chi connectivity index (χ3v) is 2.67. The van der Waals surface area contributed by atoms with Crippen LogP contribution in [-0.4, -0.2) is 4.98 Å². The van der Waals surface area contributed by atoms with E-state index in [1.54, 1.807) is 0 Å². The molecule has 0 amide bonds. The van der Waals surface area contributed by atoms with E-state index in [1.165, 1.54) is 0 Å². The fourth-order valence-corrected chi connectivity index (χ4v) is 1.82. The summed E-state index contributed by atoms with van der Waals surface area (Å²) in [6.07, 6.45) is 3.67. The smallest absolute Gasteiger partial charge is 0.0998 e. The Balaban J connectivity index is 2.41. The summed E-state index contributed by atoms with van der Waals surface area (Å²) in [6.45, 7) is 0. The molecule has 78 valence electrons. The van der Waals surface area contributed by atoms with Gasteiger partial charge < -0.3 is 4.98 Å². The van der Waals surface area contributed by atoms with Crippen molar-refractivity contribution in [2.24, 2.45) is 0 Å². The summed E-state index contributed by atoms with van der Waals surface area (Å²) in [6, 6.07) is 13.7. The number of benzene rings is 1. The topological polar surface area (TPSA) is 39.6 Å². The number of nitrogens with one attached hydrogen (secondary N) is 1. The van der Waals surface area contributed by atoms with Gasteiger partial charge in [-0.2, -0.15) is 5.26 Å². The summed E-state index contributed by atoms with van der Waals surface area (Å²) >= 11 is 3.39. The molecule has 1 aromatic heterocycles. The summed E-state index contributed by atoms with van der Waals surface area (Å²) in [5.41, 5.74) is 2.48. The predicted molar refractivity (Wildman–Crippen MR) is 68.4 cm³/mol. The Morgan fingerprint density at radius 3 is 2.81 bits per heavy atom. The van der Waals surface area contributed by atoms with E-state index in [0.29, 0.717) is 5.57 Å². The summed E-state index contributed by atoms with van der Waals surface area (Å²) in [4.78, 5) is 3.05. The van der Waals surface area contributed by atoms with Gasteiger partial charge in [-0.3, -0.25) is 0 Å². The van der Waals surface area contributed by atoms with Gasteiger partial charge in [0.1, 0.15) is 0 Å². The van der Waals surface area contributed by atoms with Crippen LogP contribution >= 0.6 is 15.9 Å². The minimum absolute atomic E-state index is 0.642. The highest BCUT2D eigenvalue weighted by Gasteiger charge is 2.01. The first kappa shape index (κ1) is 10.7. The van der Waals surface area contributed by atoms with Crippen LogP contribution in [0.1, 0.15) is 11.3 Å². The van der Waals surface area contributed by atoms with Gasteiger partial charge >= 0.3 is 0 Å². The molecule has 1 aromatic carbocycles. The highest BCUT2D eigenvalue weighted by molar-refractivity contribution is 9.10. The Morgan fingerprint density at radius 1 is 1.31 bits per heavy atom. The fraction of sp³-hybridized carbons (Fsp3) is 0. The average molecular weight is 273 g/mol. The van der Waals surface area contributed by atoms with Crippen LogP contribution in [0.5, 0.6) is 0 Å². The number of hydrogen-bond acceptors (Lipinski definition) is 1. The van der Waals surface area contributed by atoms with Crippen LogP contribution in [0.2, 0.25) is 0 Å². The van der Waals surface area contributed by atoms with Gasteiger partial charge in [-0.15, -0.1) is 0 Å². The number of halogens is 1. The molecular formula is C13H9BrN2. The molecule has 0 spiro atoms. The molecule has 0 radical (unpaired) electrons. The zero-order valence-corrected chi connectivity index (χ0v) is 10.0. The highest BCUT2D eigenvalue weighted by Crippen LogP contribution is 2.20. The Morgan fingerprint density at radius 2 is 2.19 bits per heavy atom. The molecular weight excluding hydrogens is 264 g/mol. The molecule has 0 saturated carbocycles. The number of hydrogen-bond donors (Lipinski definition) is 1. The van der Waals surface area contributed by atoms with Crippen LogP contribution in [0.15, 0.2) is 47.1 Å². The van der Waals surface area contributed by atoms with Gasteiger partial charge in [-0.25, -0.2) is 0 Å². The van der Waals surface area contributed by atoms with Crippen molar-refractivity contribution in [2.75, 3.05) is 0 Å². The molecule has 0 aliphatic rings. The van der Waals surface area contributed by atoms with E-state index in [0.717, 1.165) is 15.7 Å².